The number of amides is 2. The molecule has 1 fully saturated rings. The Morgan fingerprint density at radius 1 is 1.15 bits per heavy atom. The van der Waals surface area contributed by atoms with E-state index in [0.717, 1.165) is 18.4 Å². The molecule has 0 aliphatic carbocycles. The van der Waals surface area contributed by atoms with E-state index < -0.39 is 6.10 Å². The molecule has 1 aliphatic rings. The van der Waals surface area contributed by atoms with Gasteiger partial charge in [0.1, 0.15) is 6.10 Å². The van der Waals surface area contributed by atoms with Gasteiger partial charge in [-0.05, 0) is 24.8 Å². The predicted molar refractivity (Wildman–Crippen MR) is 101 cm³/mol. The van der Waals surface area contributed by atoms with Crippen molar-refractivity contribution in [2.75, 3.05) is 27.2 Å². The maximum absolute atomic E-state index is 12.6. The molecule has 1 aromatic rings. The Hall–Kier alpha value is -2.32. The number of hydrogen-bond acceptors (Lipinski definition) is 3. The van der Waals surface area contributed by atoms with Crippen molar-refractivity contribution >= 4 is 11.8 Å². The van der Waals surface area contributed by atoms with Crippen LogP contribution in [-0.4, -0.2) is 54.9 Å². The van der Waals surface area contributed by atoms with Gasteiger partial charge in [0.05, 0.1) is 6.10 Å². The molecule has 2 amide bonds. The third-order valence-corrected chi connectivity index (χ3v) is 4.75. The first-order valence-electron chi connectivity index (χ1n) is 9.15. The van der Waals surface area contributed by atoms with E-state index in [4.69, 9.17) is 11.2 Å². The predicted octanol–water partition coefficient (Wildman–Crippen LogP) is 2.63. The van der Waals surface area contributed by atoms with Crippen LogP contribution in [0.2, 0.25) is 0 Å². The molecule has 0 radical (unpaired) electrons. The molecule has 1 aromatic carbocycles. The zero-order chi connectivity index (χ0) is 18.9. The molecule has 5 nitrogen and oxygen atoms in total. The smallest absolute Gasteiger partial charge is 0.251 e. The van der Waals surface area contributed by atoms with Gasteiger partial charge >= 0.3 is 0 Å². The average molecular weight is 356 g/mol. The van der Waals surface area contributed by atoms with Crippen molar-refractivity contribution in [2.45, 2.75) is 44.3 Å². The summed E-state index contributed by atoms with van der Waals surface area (Å²) in [7, 11) is 3.52. The van der Waals surface area contributed by atoms with Gasteiger partial charge in [0.2, 0.25) is 5.91 Å². The van der Waals surface area contributed by atoms with Crippen LogP contribution in [0.1, 0.15) is 43.8 Å². The average Bonchev–Trinajstić information content (AvgIpc) is 3.16. The van der Waals surface area contributed by atoms with Crippen LogP contribution in [0.5, 0.6) is 0 Å². The first kappa shape index (κ1) is 20.0. The number of rotatable bonds is 8. The van der Waals surface area contributed by atoms with Crippen LogP contribution in [0.15, 0.2) is 30.3 Å². The highest BCUT2D eigenvalue weighted by molar-refractivity contribution is 5.81. The van der Waals surface area contributed by atoms with Gasteiger partial charge in [-0.2, -0.15) is 0 Å². The number of hydrogen-bond donors (Lipinski definition) is 0. The number of nitrogens with zero attached hydrogens (tertiary/aromatic N) is 2. The minimum absolute atomic E-state index is 0.0149. The Balaban J connectivity index is 1.76. The lowest BCUT2D eigenvalue weighted by molar-refractivity contribution is -0.142. The van der Waals surface area contributed by atoms with Crippen LogP contribution < -0.4 is 0 Å². The van der Waals surface area contributed by atoms with Crippen molar-refractivity contribution in [3.05, 3.63) is 35.9 Å². The second-order valence-electron chi connectivity index (χ2n) is 6.73. The quantitative estimate of drug-likeness (QED) is 0.531. The van der Waals surface area contributed by atoms with Gasteiger partial charge in [-0.1, -0.05) is 30.3 Å². The van der Waals surface area contributed by atoms with Crippen LogP contribution in [-0.2, 0) is 14.3 Å². The minimum Gasteiger partial charge on any atom is -0.360 e. The van der Waals surface area contributed by atoms with Gasteiger partial charge in [0, 0.05) is 40.0 Å². The third-order valence-electron chi connectivity index (χ3n) is 4.75. The Bertz CT molecular complexity index is 638. The maximum Gasteiger partial charge on any atom is 0.251 e. The summed E-state index contributed by atoms with van der Waals surface area (Å²) in [6, 6.07) is 10.00. The molecule has 140 valence electrons. The third kappa shape index (κ3) is 5.60. The van der Waals surface area contributed by atoms with Gasteiger partial charge < -0.3 is 14.5 Å². The minimum atomic E-state index is -0.401. The maximum atomic E-state index is 12.6. The number of likely N-dealkylation sites (N-methyl/N-ethyl adjacent to an activating group) is 2. The van der Waals surface area contributed by atoms with Crippen LogP contribution in [0, 0.1) is 12.3 Å². The normalized spacial score (nSPS) is 19.0. The Morgan fingerprint density at radius 2 is 1.85 bits per heavy atom. The number of terminal acetylenes is 1. The largest absolute Gasteiger partial charge is 0.360 e. The van der Waals surface area contributed by atoms with Crippen LogP contribution in [0.3, 0.4) is 0 Å². The summed E-state index contributed by atoms with van der Waals surface area (Å²) >= 11 is 0. The molecule has 0 N–H and O–H groups in total. The molecular formula is C21H28N2O3. The molecule has 0 saturated carbocycles. The summed E-state index contributed by atoms with van der Waals surface area (Å²) in [5.41, 5.74) is 1.11. The fourth-order valence-corrected chi connectivity index (χ4v) is 3.04. The molecule has 1 saturated heterocycles. The highest BCUT2D eigenvalue weighted by Gasteiger charge is 2.33. The fourth-order valence-electron chi connectivity index (χ4n) is 3.04. The Labute approximate surface area is 156 Å². The molecule has 26 heavy (non-hydrogen) atoms. The van der Waals surface area contributed by atoms with Gasteiger partial charge in [-0.15, -0.1) is 12.3 Å². The van der Waals surface area contributed by atoms with Crippen molar-refractivity contribution < 1.29 is 14.3 Å². The van der Waals surface area contributed by atoms with Crippen LogP contribution in [0.4, 0.5) is 0 Å². The molecule has 2 rings (SSSR count). The highest BCUT2D eigenvalue weighted by Crippen LogP contribution is 2.33. The number of carbonyl (C=O) groups is 2. The molecule has 1 aliphatic heterocycles. The standard InChI is InChI=1S/C21H28N2O3/c1-4-5-7-12-20(24)22(2)15-16-23(3)21(25)19-14-13-18(26-19)17-10-8-6-9-11-17/h1,6,8-11,18-19H,5,7,12-16H2,2-3H3/t18-,19+/m1/s1. The number of ether oxygens (including phenoxy) is 1. The SMILES string of the molecule is C#CCCCC(=O)N(C)CCN(C)C(=O)[C@@H]1CC[C@H](c2ccccc2)O1. The van der Waals surface area contributed by atoms with Gasteiger partial charge in [-0.3, -0.25) is 9.59 Å². The summed E-state index contributed by atoms with van der Waals surface area (Å²) in [6.45, 7) is 0.998. The van der Waals surface area contributed by atoms with E-state index in [1.54, 1.807) is 23.9 Å². The summed E-state index contributed by atoms with van der Waals surface area (Å²) in [6.07, 6.45) is 8.11. The topological polar surface area (TPSA) is 49.9 Å². The van der Waals surface area contributed by atoms with Crippen molar-refractivity contribution in [1.82, 2.24) is 9.80 Å². The Morgan fingerprint density at radius 3 is 2.54 bits per heavy atom. The lowest BCUT2D eigenvalue weighted by atomic mass is 10.1. The molecule has 0 unspecified atom stereocenters. The van der Waals surface area contributed by atoms with E-state index in [0.29, 0.717) is 32.4 Å². The number of carbonyl (C=O) groups excluding carboxylic acids is 2. The zero-order valence-electron chi connectivity index (χ0n) is 15.7. The summed E-state index contributed by atoms with van der Waals surface area (Å²) < 4.78 is 5.96. The van der Waals surface area contributed by atoms with Crippen molar-refractivity contribution in [2.24, 2.45) is 0 Å². The van der Waals surface area contributed by atoms with E-state index in [1.165, 1.54) is 0 Å². The first-order chi connectivity index (χ1) is 12.5. The van der Waals surface area contributed by atoms with E-state index in [-0.39, 0.29) is 17.9 Å². The molecule has 0 bridgehead atoms. The lowest BCUT2D eigenvalue weighted by Gasteiger charge is -2.24. The zero-order valence-corrected chi connectivity index (χ0v) is 15.7. The molecule has 2 atom stereocenters. The Kier molecular flexibility index (Phi) is 7.68. The number of benzene rings is 1. The molecule has 5 heteroatoms. The monoisotopic (exact) mass is 356 g/mol. The van der Waals surface area contributed by atoms with Crippen LogP contribution in [0.25, 0.3) is 0 Å². The van der Waals surface area contributed by atoms with E-state index in [2.05, 4.69) is 5.92 Å². The second kappa shape index (κ2) is 9.98. The van der Waals surface area contributed by atoms with E-state index in [1.807, 2.05) is 30.3 Å². The first-order valence-corrected chi connectivity index (χ1v) is 9.15. The molecule has 0 aromatic heterocycles. The lowest BCUT2D eigenvalue weighted by Crippen LogP contribution is -2.41. The van der Waals surface area contributed by atoms with E-state index >= 15 is 0 Å². The molecular weight excluding hydrogens is 328 g/mol. The molecule has 1 heterocycles. The van der Waals surface area contributed by atoms with Gasteiger partial charge in [0.15, 0.2) is 0 Å². The van der Waals surface area contributed by atoms with Crippen molar-refractivity contribution in [3.8, 4) is 12.3 Å². The summed E-state index contributed by atoms with van der Waals surface area (Å²) in [5, 5.41) is 0. The van der Waals surface area contributed by atoms with E-state index in [9.17, 15) is 9.59 Å². The van der Waals surface area contributed by atoms with Gasteiger partial charge in [-0.25, -0.2) is 0 Å². The number of unbranched alkanes of at least 4 members (excludes halogenated alkanes) is 1. The molecule has 0 spiro atoms. The van der Waals surface area contributed by atoms with Crippen LogP contribution >= 0.6 is 0 Å². The van der Waals surface area contributed by atoms with Crippen molar-refractivity contribution in [1.29, 1.82) is 0 Å². The second-order valence-corrected chi connectivity index (χ2v) is 6.73. The summed E-state index contributed by atoms with van der Waals surface area (Å²) in [5.74, 6) is 2.58. The van der Waals surface area contributed by atoms with Crippen molar-refractivity contribution in [3.63, 3.8) is 0 Å². The summed E-state index contributed by atoms with van der Waals surface area (Å²) in [4.78, 5) is 27.9. The highest BCUT2D eigenvalue weighted by atomic mass is 16.5. The van der Waals surface area contributed by atoms with Gasteiger partial charge in [0.25, 0.3) is 5.91 Å². The fraction of sp³-hybridized carbons (Fsp3) is 0.524.